The molecule has 0 bridgehead atoms. The molecule has 1 fully saturated rings. The van der Waals surface area contributed by atoms with Crippen LogP contribution in [0.4, 0.5) is 0 Å². The fourth-order valence-electron chi connectivity index (χ4n) is 2.51. The maximum absolute atomic E-state index is 11.9. The number of hydrogen-bond donors (Lipinski definition) is 3. The number of hydrogen-bond acceptors (Lipinski definition) is 5. The van der Waals surface area contributed by atoms with Crippen LogP contribution in [0.5, 0.6) is 0 Å². The van der Waals surface area contributed by atoms with Gasteiger partial charge in [-0.15, -0.1) is 0 Å². The van der Waals surface area contributed by atoms with Gasteiger partial charge in [-0.2, -0.15) is 0 Å². The fraction of sp³-hybridized carbons (Fsp3) is 0.615. The van der Waals surface area contributed by atoms with Crippen molar-refractivity contribution in [3.8, 4) is 0 Å². The lowest BCUT2D eigenvalue weighted by atomic mass is 10.0. The Bertz CT molecular complexity index is 480. The molecule has 1 aliphatic carbocycles. The Morgan fingerprint density at radius 1 is 1.50 bits per heavy atom. The first-order chi connectivity index (χ1) is 9.60. The maximum Gasteiger partial charge on any atom is 0.313 e. The number of rotatable bonds is 5. The van der Waals surface area contributed by atoms with Crippen molar-refractivity contribution in [2.75, 3.05) is 0 Å². The van der Waals surface area contributed by atoms with Crippen LogP contribution in [0.3, 0.4) is 0 Å². The minimum absolute atomic E-state index is 0.0134. The molecule has 1 heterocycles. The second-order valence-electron chi connectivity index (χ2n) is 5.20. The standard InChI is InChI=1S/C13H19N3O4/c1-8(10-7-11(20-16-10)13(18)15-19)14-12(17)6-9-4-2-3-5-9/h7-9,19H,2-6H2,1H3,(H,14,17)(H,15,18)/t8-/m0/s1. The molecule has 7 nitrogen and oxygen atoms in total. The van der Waals surface area contributed by atoms with E-state index in [1.807, 2.05) is 0 Å². The molecule has 110 valence electrons. The molecule has 20 heavy (non-hydrogen) atoms. The summed E-state index contributed by atoms with van der Waals surface area (Å²) in [5, 5.41) is 15.0. The number of nitrogens with one attached hydrogen (secondary N) is 2. The van der Waals surface area contributed by atoms with E-state index in [-0.39, 0.29) is 17.7 Å². The summed E-state index contributed by atoms with van der Waals surface area (Å²) in [6.45, 7) is 1.77. The second kappa shape index (κ2) is 6.51. The van der Waals surface area contributed by atoms with E-state index >= 15 is 0 Å². The van der Waals surface area contributed by atoms with Crippen molar-refractivity contribution in [1.82, 2.24) is 16.0 Å². The summed E-state index contributed by atoms with van der Waals surface area (Å²) in [5.74, 6) is -0.400. The average Bonchev–Trinajstić information content (AvgIpc) is 3.08. The smallest absolute Gasteiger partial charge is 0.313 e. The van der Waals surface area contributed by atoms with E-state index < -0.39 is 5.91 Å². The van der Waals surface area contributed by atoms with Crippen molar-refractivity contribution in [2.24, 2.45) is 5.92 Å². The molecule has 1 aromatic heterocycles. The van der Waals surface area contributed by atoms with Gasteiger partial charge in [0.1, 0.15) is 5.69 Å². The Labute approximate surface area is 116 Å². The van der Waals surface area contributed by atoms with Crippen LogP contribution in [-0.4, -0.2) is 22.2 Å². The SMILES string of the molecule is C[C@H](NC(=O)CC1CCCC1)c1cc(C(=O)NO)on1. The molecule has 0 saturated heterocycles. The van der Waals surface area contributed by atoms with Gasteiger partial charge in [0.2, 0.25) is 11.7 Å². The topological polar surface area (TPSA) is 104 Å². The van der Waals surface area contributed by atoms with Crippen molar-refractivity contribution in [3.05, 3.63) is 17.5 Å². The molecule has 1 aliphatic rings. The van der Waals surface area contributed by atoms with Gasteiger partial charge in [0.05, 0.1) is 6.04 Å². The number of carbonyl (C=O) groups excluding carboxylic acids is 2. The van der Waals surface area contributed by atoms with Gasteiger partial charge < -0.3 is 9.84 Å². The van der Waals surface area contributed by atoms with Crippen LogP contribution < -0.4 is 10.8 Å². The van der Waals surface area contributed by atoms with Gasteiger partial charge in [0.15, 0.2) is 0 Å². The monoisotopic (exact) mass is 281 g/mol. The lowest BCUT2D eigenvalue weighted by molar-refractivity contribution is -0.122. The van der Waals surface area contributed by atoms with Crippen molar-refractivity contribution in [2.45, 2.75) is 45.1 Å². The number of hydroxylamine groups is 1. The highest BCUT2D eigenvalue weighted by molar-refractivity contribution is 5.90. The van der Waals surface area contributed by atoms with Gasteiger partial charge in [0, 0.05) is 12.5 Å². The third kappa shape index (κ3) is 3.57. The molecule has 0 spiro atoms. The van der Waals surface area contributed by atoms with Crippen LogP contribution in [-0.2, 0) is 4.79 Å². The lowest BCUT2D eigenvalue weighted by Crippen LogP contribution is -2.28. The normalized spacial score (nSPS) is 16.9. The zero-order valence-electron chi connectivity index (χ0n) is 11.4. The molecule has 1 atom stereocenters. The van der Waals surface area contributed by atoms with Crippen LogP contribution in [0, 0.1) is 5.92 Å². The van der Waals surface area contributed by atoms with Crippen molar-refractivity contribution in [3.63, 3.8) is 0 Å². The summed E-state index contributed by atoms with van der Waals surface area (Å²) >= 11 is 0. The molecule has 2 amide bonds. The molecule has 1 saturated carbocycles. The summed E-state index contributed by atoms with van der Waals surface area (Å²) in [5.41, 5.74) is 1.91. The first kappa shape index (κ1) is 14.5. The summed E-state index contributed by atoms with van der Waals surface area (Å²) in [6, 6.07) is 1.05. The Balaban J connectivity index is 1.87. The minimum Gasteiger partial charge on any atom is -0.351 e. The van der Waals surface area contributed by atoms with Crippen LogP contribution in [0.2, 0.25) is 0 Å². The molecule has 7 heteroatoms. The number of nitrogens with zero attached hydrogens (tertiary/aromatic N) is 1. The predicted octanol–water partition coefficient (Wildman–Crippen LogP) is 1.55. The third-order valence-electron chi connectivity index (χ3n) is 3.62. The number of amides is 2. The first-order valence-corrected chi connectivity index (χ1v) is 6.80. The van der Waals surface area contributed by atoms with E-state index in [4.69, 9.17) is 9.73 Å². The van der Waals surface area contributed by atoms with E-state index in [1.165, 1.54) is 24.4 Å². The summed E-state index contributed by atoms with van der Waals surface area (Å²) in [4.78, 5) is 23.0. The summed E-state index contributed by atoms with van der Waals surface area (Å²) in [6.07, 6.45) is 5.18. The van der Waals surface area contributed by atoms with E-state index in [2.05, 4.69) is 10.5 Å². The molecule has 2 rings (SSSR count). The van der Waals surface area contributed by atoms with Gasteiger partial charge in [-0.1, -0.05) is 18.0 Å². The van der Waals surface area contributed by atoms with Gasteiger partial charge in [-0.3, -0.25) is 14.8 Å². The predicted molar refractivity (Wildman–Crippen MR) is 68.9 cm³/mol. The van der Waals surface area contributed by atoms with Gasteiger partial charge in [0.25, 0.3) is 0 Å². The van der Waals surface area contributed by atoms with Gasteiger partial charge >= 0.3 is 5.91 Å². The molecule has 0 radical (unpaired) electrons. The Hall–Kier alpha value is -1.89. The highest BCUT2D eigenvalue weighted by Crippen LogP contribution is 2.27. The first-order valence-electron chi connectivity index (χ1n) is 6.80. The lowest BCUT2D eigenvalue weighted by Gasteiger charge is -2.13. The Kier molecular flexibility index (Phi) is 4.73. The third-order valence-corrected chi connectivity index (χ3v) is 3.62. The highest BCUT2D eigenvalue weighted by Gasteiger charge is 2.21. The molecule has 3 N–H and O–H groups in total. The highest BCUT2D eigenvalue weighted by atomic mass is 16.5. The number of carbonyl (C=O) groups is 2. The number of aromatic nitrogens is 1. The molecule has 1 aromatic rings. The largest absolute Gasteiger partial charge is 0.351 e. The zero-order valence-corrected chi connectivity index (χ0v) is 11.4. The van der Waals surface area contributed by atoms with E-state index in [0.29, 0.717) is 18.0 Å². The van der Waals surface area contributed by atoms with E-state index in [1.54, 1.807) is 6.92 Å². The zero-order chi connectivity index (χ0) is 14.5. The van der Waals surface area contributed by atoms with Crippen LogP contribution in [0.25, 0.3) is 0 Å². The van der Waals surface area contributed by atoms with Gasteiger partial charge in [-0.25, -0.2) is 5.48 Å². The second-order valence-corrected chi connectivity index (χ2v) is 5.20. The summed E-state index contributed by atoms with van der Waals surface area (Å²) < 4.78 is 4.78. The van der Waals surface area contributed by atoms with Crippen LogP contribution in [0.15, 0.2) is 10.6 Å². The Morgan fingerprint density at radius 2 is 2.20 bits per heavy atom. The van der Waals surface area contributed by atoms with Crippen molar-refractivity contribution < 1.29 is 19.3 Å². The Morgan fingerprint density at radius 3 is 2.85 bits per heavy atom. The van der Waals surface area contributed by atoms with Crippen molar-refractivity contribution >= 4 is 11.8 Å². The fourth-order valence-corrected chi connectivity index (χ4v) is 2.51. The minimum atomic E-state index is -0.770. The van der Waals surface area contributed by atoms with E-state index in [0.717, 1.165) is 12.8 Å². The quantitative estimate of drug-likeness (QED) is 0.561. The summed E-state index contributed by atoms with van der Waals surface area (Å²) in [7, 11) is 0. The molecular weight excluding hydrogens is 262 g/mol. The molecule has 0 unspecified atom stereocenters. The van der Waals surface area contributed by atoms with Gasteiger partial charge in [-0.05, 0) is 25.7 Å². The maximum atomic E-state index is 11.9. The average molecular weight is 281 g/mol. The van der Waals surface area contributed by atoms with E-state index in [9.17, 15) is 9.59 Å². The van der Waals surface area contributed by atoms with Crippen LogP contribution in [0.1, 0.15) is 61.3 Å². The molecule has 0 aromatic carbocycles. The molecule has 0 aliphatic heterocycles. The molecular formula is C13H19N3O4. The van der Waals surface area contributed by atoms with Crippen LogP contribution >= 0.6 is 0 Å². The van der Waals surface area contributed by atoms with Crippen molar-refractivity contribution in [1.29, 1.82) is 0 Å².